The van der Waals surface area contributed by atoms with Gasteiger partial charge in [0.15, 0.2) is 0 Å². The van der Waals surface area contributed by atoms with E-state index in [9.17, 15) is 4.79 Å². The van der Waals surface area contributed by atoms with Crippen molar-refractivity contribution in [2.75, 3.05) is 6.54 Å². The third kappa shape index (κ3) is 2.54. The molecule has 1 aromatic carbocycles. The molecule has 0 spiro atoms. The molecule has 0 radical (unpaired) electrons. The second-order valence-electron chi connectivity index (χ2n) is 4.82. The van der Waals surface area contributed by atoms with E-state index in [1.54, 1.807) is 18.5 Å². The van der Waals surface area contributed by atoms with E-state index in [0.29, 0.717) is 5.56 Å². The van der Waals surface area contributed by atoms with Crippen LogP contribution >= 0.6 is 0 Å². The van der Waals surface area contributed by atoms with E-state index in [1.807, 2.05) is 12.1 Å². The number of fused-ring (bicyclic) bond motifs is 1. The minimum absolute atomic E-state index is 0.275. The van der Waals surface area contributed by atoms with Crippen LogP contribution in [0.25, 0.3) is 0 Å². The Balaban J connectivity index is 1.65. The van der Waals surface area contributed by atoms with Gasteiger partial charge in [-0.05, 0) is 17.7 Å². The molecule has 0 aliphatic carbocycles. The van der Waals surface area contributed by atoms with Gasteiger partial charge in [-0.25, -0.2) is 5.84 Å². The summed E-state index contributed by atoms with van der Waals surface area (Å²) in [4.78, 5) is 13.7. The van der Waals surface area contributed by atoms with Gasteiger partial charge in [0.1, 0.15) is 12.2 Å². The van der Waals surface area contributed by atoms with Gasteiger partial charge in [-0.1, -0.05) is 12.1 Å². The second kappa shape index (κ2) is 5.40. The highest BCUT2D eigenvalue weighted by atomic mass is 16.2. The van der Waals surface area contributed by atoms with Crippen molar-refractivity contribution in [2.45, 2.75) is 19.6 Å². The number of carbonyl (C=O) groups excluding carboxylic acids is 1. The van der Waals surface area contributed by atoms with E-state index < -0.39 is 0 Å². The van der Waals surface area contributed by atoms with Crippen LogP contribution in [0, 0.1) is 0 Å². The molecule has 1 amide bonds. The minimum Gasteiger partial charge on any atom is -0.315 e. The number of hydrazine groups is 1. The molecule has 3 N–H and O–H groups in total. The van der Waals surface area contributed by atoms with Gasteiger partial charge in [0, 0.05) is 25.2 Å². The Labute approximate surface area is 116 Å². The monoisotopic (exact) mass is 272 g/mol. The normalized spacial score (nSPS) is 14.8. The van der Waals surface area contributed by atoms with Crippen molar-refractivity contribution in [2.24, 2.45) is 5.84 Å². The summed E-state index contributed by atoms with van der Waals surface area (Å²) in [6.07, 6.45) is 1.77. The number of amides is 1. The molecule has 0 atom stereocenters. The third-order valence-corrected chi connectivity index (χ3v) is 3.47. The molecule has 0 saturated heterocycles. The molecule has 2 aromatic rings. The van der Waals surface area contributed by atoms with Gasteiger partial charge in [-0.3, -0.25) is 15.1 Å². The summed E-state index contributed by atoms with van der Waals surface area (Å²) in [5.41, 5.74) is 3.85. The van der Waals surface area contributed by atoms with Gasteiger partial charge in [-0.2, -0.15) is 0 Å². The highest BCUT2D eigenvalue weighted by Crippen LogP contribution is 2.13. The summed E-state index contributed by atoms with van der Waals surface area (Å²) in [5.74, 6) is 5.82. The predicted molar refractivity (Wildman–Crippen MR) is 72.2 cm³/mol. The number of hydrogen-bond donors (Lipinski definition) is 2. The molecule has 1 aliphatic heterocycles. The third-order valence-electron chi connectivity index (χ3n) is 3.47. The average molecular weight is 272 g/mol. The summed E-state index contributed by atoms with van der Waals surface area (Å²) < 4.78 is 2.07. The molecule has 3 rings (SSSR count). The Kier molecular flexibility index (Phi) is 3.44. The van der Waals surface area contributed by atoms with Crippen molar-refractivity contribution < 1.29 is 4.79 Å². The Morgan fingerprint density at radius 1 is 1.30 bits per heavy atom. The number of nitrogen functional groups attached to an aromatic ring is 1. The Morgan fingerprint density at radius 3 is 2.85 bits per heavy atom. The zero-order valence-corrected chi connectivity index (χ0v) is 11.0. The lowest BCUT2D eigenvalue weighted by Gasteiger charge is -2.26. The van der Waals surface area contributed by atoms with Crippen molar-refractivity contribution in [3.05, 3.63) is 47.5 Å². The first-order chi connectivity index (χ1) is 9.76. The zero-order chi connectivity index (χ0) is 13.9. The van der Waals surface area contributed by atoms with Gasteiger partial charge in [-0.15, -0.1) is 10.2 Å². The summed E-state index contributed by atoms with van der Waals surface area (Å²) in [7, 11) is 0. The van der Waals surface area contributed by atoms with Crippen LogP contribution in [0.5, 0.6) is 0 Å². The maximum absolute atomic E-state index is 11.4. The molecule has 0 unspecified atom stereocenters. The molecule has 0 fully saturated rings. The number of aromatic nitrogens is 3. The molecular weight excluding hydrogens is 256 g/mol. The lowest BCUT2D eigenvalue weighted by Crippen LogP contribution is -2.33. The van der Waals surface area contributed by atoms with Crippen molar-refractivity contribution in [3.63, 3.8) is 0 Å². The standard InChI is InChI=1S/C13H16N6O/c14-16-13(20)11-3-1-10(2-4-11)7-18-5-6-19-9-15-17-12(19)8-18/h1-4,9H,5-8,14H2,(H,16,20). The first-order valence-electron chi connectivity index (χ1n) is 6.45. The highest BCUT2D eigenvalue weighted by Gasteiger charge is 2.17. The fraction of sp³-hybridized carbons (Fsp3) is 0.308. The molecule has 0 saturated carbocycles. The molecule has 1 aliphatic rings. The number of nitrogens with two attached hydrogens (primary N) is 1. The fourth-order valence-corrected chi connectivity index (χ4v) is 2.35. The van der Waals surface area contributed by atoms with E-state index in [-0.39, 0.29) is 5.91 Å². The Bertz CT molecular complexity index is 606. The fourth-order valence-electron chi connectivity index (χ4n) is 2.35. The summed E-state index contributed by atoms with van der Waals surface area (Å²) in [6, 6.07) is 7.46. The smallest absolute Gasteiger partial charge is 0.265 e. The Hall–Kier alpha value is -2.25. The van der Waals surface area contributed by atoms with Gasteiger partial charge in [0.05, 0.1) is 6.54 Å². The largest absolute Gasteiger partial charge is 0.315 e. The second-order valence-corrected chi connectivity index (χ2v) is 4.82. The van der Waals surface area contributed by atoms with Crippen LogP contribution in [0.3, 0.4) is 0 Å². The first kappa shape index (κ1) is 12.8. The van der Waals surface area contributed by atoms with Crippen molar-refractivity contribution in [1.29, 1.82) is 0 Å². The van der Waals surface area contributed by atoms with Crippen LogP contribution < -0.4 is 11.3 Å². The van der Waals surface area contributed by atoms with Crippen LogP contribution in [-0.2, 0) is 19.6 Å². The number of hydrogen-bond acceptors (Lipinski definition) is 5. The van der Waals surface area contributed by atoms with E-state index in [1.165, 1.54) is 0 Å². The van der Waals surface area contributed by atoms with Crippen molar-refractivity contribution in [3.8, 4) is 0 Å². The number of benzene rings is 1. The van der Waals surface area contributed by atoms with Gasteiger partial charge in [0.2, 0.25) is 0 Å². The number of rotatable bonds is 3. The highest BCUT2D eigenvalue weighted by molar-refractivity contribution is 5.93. The molecule has 7 heteroatoms. The first-order valence-corrected chi connectivity index (χ1v) is 6.45. The van der Waals surface area contributed by atoms with E-state index in [4.69, 9.17) is 5.84 Å². The van der Waals surface area contributed by atoms with Crippen LogP contribution in [0.1, 0.15) is 21.7 Å². The zero-order valence-electron chi connectivity index (χ0n) is 11.0. The van der Waals surface area contributed by atoms with E-state index in [2.05, 4.69) is 25.1 Å². The quantitative estimate of drug-likeness (QED) is 0.462. The van der Waals surface area contributed by atoms with Crippen molar-refractivity contribution in [1.82, 2.24) is 25.1 Å². The van der Waals surface area contributed by atoms with Gasteiger partial charge in [0.25, 0.3) is 5.91 Å². The SMILES string of the molecule is NNC(=O)c1ccc(CN2CCn3cnnc3C2)cc1. The maximum Gasteiger partial charge on any atom is 0.265 e. The predicted octanol–water partition coefficient (Wildman–Crippen LogP) is -0.103. The Morgan fingerprint density at radius 2 is 2.10 bits per heavy atom. The number of carbonyl (C=O) groups is 1. The molecule has 7 nitrogen and oxygen atoms in total. The van der Waals surface area contributed by atoms with Gasteiger partial charge >= 0.3 is 0 Å². The topological polar surface area (TPSA) is 89.1 Å². The minimum atomic E-state index is -0.275. The maximum atomic E-state index is 11.4. The molecule has 2 heterocycles. The lowest BCUT2D eigenvalue weighted by molar-refractivity contribution is 0.0953. The molecule has 20 heavy (non-hydrogen) atoms. The van der Waals surface area contributed by atoms with Crippen LogP contribution in [-0.4, -0.2) is 32.1 Å². The van der Waals surface area contributed by atoms with E-state index >= 15 is 0 Å². The van der Waals surface area contributed by atoms with Crippen LogP contribution in [0.15, 0.2) is 30.6 Å². The molecule has 0 bridgehead atoms. The van der Waals surface area contributed by atoms with Gasteiger partial charge < -0.3 is 4.57 Å². The summed E-state index contributed by atoms with van der Waals surface area (Å²) >= 11 is 0. The molecule has 1 aromatic heterocycles. The average Bonchev–Trinajstić information content (AvgIpc) is 2.95. The number of nitrogens with zero attached hydrogens (tertiary/aromatic N) is 4. The van der Waals surface area contributed by atoms with Crippen LogP contribution in [0.2, 0.25) is 0 Å². The number of nitrogens with one attached hydrogen (secondary N) is 1. The van der Waals surface area contributed by atoms with Crippen molar-refractivity contribution >= 4 is 5.91 Å². The van der Waals surface area contributed by atoms with E-state index in [0.717, 1.165) is 37.6 Å². The molecular formula is C13H16N6O. The molecule has 104 valence electrons. The lowest BCUT2D eigenvalue weighted by atomic mass is 10.1. The summed E-state index contributed by atoms with van der Waals surface area (Å²) in [6.45, 7) is 3.51. The summed E-state index contributed by atoms with van der Waals surface area (Å²) in [5, 5.41) is 8.02. The van der Waals surface area contributed by atoms with Crippen LogP contribution in [0.4, 0.5) is 0 Å².